The summed E-state index contributed by atoms with van der Waals surface area (Å²) in [5.41, 5.74) is 2.65. The molecule has 0 amide bonds. The molecule has 0 bridgehead atoms. The van der Waals surface area contributed by atoms with Crippen LogP contribution in [-0.4, -0.2) is 19.0 Å². The molecule has 0 N–H and O–H groups in total. The van der Waals surface area contributed by atoms with Crippen LogP contribution in [0, 0.1) is 0 Å². The summed E-state index contributed by atoms with van der Waals surface area (Å²) >= 11 is 5.92. The largest absolute Gasteiger partial charge is 0.302 e. The maximum atomic E-state index is 5.92. The lowest BCUT2D eigenvalue weighted by Gasteiger charge is -2.25. The normalized spacial score (nSPS) is 12.7. The molecule has 0 aliphatic carbocycles. The highest BCUT2D eigenvalue weighted by Crippen LogP contribution is 2.23. The highest BCUT2D eigenvalue weighted by Gasteiger charge is 2.14. The fourth-order valence-corrected chi connectivity index (χ4v) is 2.24. The van der Waals surface area contributed by atoms with E-state index in [1.165, 1.54) is 11.1 Å². The summed E-state index contributed by atoms with van der Waals surface area (Å²) in [4.78, 5) is 2.25. The molecule has 0 aromatic heterocycles. The standard InChI is InChI=1S/C16H18ClN/c1-18(2)16(14-6-4-3-5-7-14)12-13-8-10-15(17)11-9-13/h3-11,16H,12H2,1-2H3/t16-/m0/s1. The average Bonchev–Trinajstić information content (AvgIpc) is 2.38. The molecular formula is C16H18ClN. The fraction of sp³-hybridized carbons (Fsp3) is 0.250. The number of hydrogen-bond donors (Lipinski definition) is 0. The molecule has 0 spiro atoms. The Morgan fingerprint density at radius 3 is 2.11 bits per heavy atom. The predicted octanol–water partition coefficient (Wildman–Crippen LogP) is 4.19. The van der Waals surface area contributed by atoms with Gasteiger partial charge < -0.3 is 4.90 Å². The highest BCUT2D eigenvalue weighted by molar-refractivity contribution is 6.30. The summed E-state index contributed by atoms with van der Waals surface area (Å²) < 4.78 is 0. The van der Waals surface area contributed by atoms with Crippen molar-refractivity contribution in [2.24, 2.45) is 0 Å². The zero-order valence-corrected chi connectivity index (χ0v) is 11.6. The van der Waals surface area contributed by atoms with Gasteiger partial charge in [-0.2, -0.15) is 0 Å². The molecule has 0 heterocycles. The molecule has 2 rings (SSSR count). The summed E-state index contributed by atoms with van der Waals surface area (Å²) in [5.74, 6) is 0. The van der Waals surface area contributed by atoms with Crippen molar-refractivity contribution in [1.82, 2.24) is 4.90 Å². The van der Waals surface area contributed by atoms with Crippen LogP contribution in [-0.2, 0) is 6.42 Å². The fourth-order valence-electron chi connectivity index (χ4n) is 2.12. The Morgan fingerprint density at radius 1 is 0.944 bits per heavy atom. The molecule has 0 radical (unpaired) electrons. The third-order valence-corrected chi connectivity index (χ3v) is 3.40. The molecule has 18 heavy (non-hydrogen) atoms. The molecule has 0 saturated carbocycles. The van der Waals surface area contributed by atoms with Gasteiger partial charge in [-0.25, -0.2) is 0 Å². The second-order valence-corrected chi connectivity index (χ2v) is 5.16. The van der Waals surface area contributed by atoms with Crippen molar-refractivity contribution < 1.29 is 0 Å². The van der Waals surface area contributed by atoms with Crippen LogP contribution >= 0.6 is 11.6 Å². The SMILES string of the molecule is CN(C)[C@@H](Cc1ccc(Cl)cc1)c1ccccc1. The van der Waals surface area contributed by atoms with Gasteiger partial charge in [-0.1, -0.05) is 54.1 Å². The number of nitrogens with zero attached hydrogens (tertiary/aromatic N) is 1. The zero-order valence-electron chi connectivity index (χ0n) is 10.8. The van der Waals surface area contributed by atoms with Crippen molar-refractivity contribution in [3.05, 3.63) is 70.7 Å². The summed E-state index contributed by atoms with van der Waals surface area (Å²) in [7, 11) is 4.24. The first-order valence-corrected chi connectivity index (χ1v) is 6.50. The summed E-state index contributed by atoms with van der Waals surface area (Å²) in [6, 6.07) is 19.1. The van der Waals surface area contributed by atoms with Crippen molar-refractivity contribution >= 4 is 11.6 Å². The van der Waals surface area contributed by atoms with Crippen LogP contribution in [0.3, 0.4) is 0 Å². The Labute approximate surface area is 114 Å². The second-order valence-electron chi connectivity index (χ2n) is 4.72. The molecule has 2 aromatic rings. The van der Waals surface area contributed by atoms with E-state index in [1.54, 1.807) is 0 Å². The molecular weight excluding hydrogens is 242 g/mol. The molecule has 2 heteroatoms. The van der Waals surface area contributed by atoms with Crippen LogP contribution in [0.2, 0.25) is 5.02 Å². The average molecular weight is 260 g/mol. The van der Waals surface area contributed by atoms with E-state index in [0.29, 0.717) is 6.04 Å². The minimum atomic E-state index is 0.396. The van der Waals surface area contributed by atoms with Crippen molar-refractivity contribution in [1.29, 1.82) is 0 Å². The van der Waals surface area contributed by atoms with Gasteiger partial charge in [-0.15, -0.1) is 0 Å². The van der Waals surface area contributed by atoms with Gasteiger partial charge in [0, 0.05) is 11.1 Å². The minimum absolute atomic E-state index is 0.396. The topological polar surface area (TPSA) is 3.24 Å². The second kappa shape index (κ2) is 6.03. The van der Waals surface area contributed by atoms with E-state index >= 15 is 0 Å². The molecule has 0 aliphatic rings. The molecule has 0 saturated heterocycles. The van der Waals surface area contributed by atoms with Gasteiger partial charge in [0.1, 0.15) is 0 Å². The Balaban J connectivity index is 2.19. The van der Waals surface area contributed by atoms with Crippen molar-refractivity contribution in [2.45, 2.75) is 12.5 Å². The number of likely N-dealkylation sites (N-methyl/N-ethyl adjacent to an activating group) is 1. The maximum Gasteiger partial charge on any atom is 0.0406 e. The van der Waals surface area contributed by atoms with Crippen LogP contribution in [0.1, 0.15) is 17.2 Å². The minimum Gasteiger partial charge on any atom is -0.302 e. The Bertz CT molecular complexity index is 476. The van der Waals surface area contributed by atoms with Gasteiger partial charge in [-0.3, -0.25) is 0 Å². The first kappa shape index (κ1) is 13.1. The van der Waals surface area contributed by atoms with Crippen LogP contribution in [0.15, 0.2) is 54.6 Å². The first-order chi connectivity index (χ1) is 8.66. The van der Waals surface area contributed by atoms with E-state index < -0.39 is 0 Å². The molecule has 1 nitrogen and oxygen atoms in total. The zero-order chi connectivity index (χ0) is 13.0. The molecule has 0 aliphatic heterocycles. The molecule has 94 valence electrons. The van der Waals surface area contributed by atoms with Crippen LogP contribution in [0.4, 0.5) is 0 Å². The lowest BCUT2D eigenvalue weighted by molar-refractivity contribution is 0.297. The van der Waals surface area contributed by atoms with Gasteiger partial charge >= 0.3 is 0 Å². The van der Waals surface area contributed by atoms with Gasteiger partial charge in [-0.05, 0) is 43.8 Å². The van der Waals surface area contributed by atoms with Gasteiger partial charge in [0.25, 0.3) is 0 Å². The third kappa shape index (κ3) is 3.34. The van der Waals surface area contributed by atoms with E-state index in [4.69, 9.17) is 11.6 Å². The first-order valence-electron chi connectivity index (χ1n) is 6.12. The summed E-state index contributed by atoms with van der Waals surface area (Å²) in [5, 5.41) is 0.792. The molecule has 0 unspecified atom stereocenters. The van der Waals surface area contributed by atoms with Crippen LogP contribution in [0.25, 0.3) is 0 Å². The van der Waals surface area contributed by atoms with E-state index in [9.17, 15) is 0 Å². The van der Waals surface area contributed by atoms with Gasteiger partial charge in [0.15, 0.2) is 0 Å². The number of benzene rings is 2. The third-order valence-electron chi connectivity index (χ3n) is 3.15. The van der Waals surface area contributed by atoms with Gasteiger partial charge in [0.2, 0.25) is 0 Å². The summed E-state index contributed by atoms with van der Waals surface area (Å²) in [6.45, 7) is 0. The van der Waals surface area contributed by atoms with Crippen LogP contribution in [0.5, 0.6) is 0 Å². The number of rotatable bonds is 4. The molecule has 2 aromatic carbocycles. The van der Waals surface area contributed by atoms with E-state index in [1.807, 2.05) is 12.1 Å². The predicted molar refractivity (Wildman–Crippen MR) is 78.0 cm³/mol. The van der Waals surface area contributed by atoms with E-state index in [-0.39, 0.29) is 0 Å². The van der Waals surface area contributed by atoms with Crippen molar-refractivity contribution in [3.8, 4) is 0 Å². The monoisotopic (exact) mass is 259 g/mol. The van der Waals surface area contributed by atoms with Crippen molar-refractivity contribution in [3.63, 3.8) is 0 Å². The molecule has 1 atom stereocenters. The lowest BCUT2D eigenvalue weighted by atomic mass is 9.98. The Kier molecular flexibility index (Phi) is 4.40. The Morgan fingerprint density at radius 2 is 1.56 bits per heavy atom. The lowest BCUT2D eigenvalue weighted by Crippen LogP contribution is -2.22. The number of hydrogen-bond acceptors (Lipinski definition) is 1. The van der Waals surface area contributed by atoms with E-state index in [2.05, 4.69) is 61.5 Å². The quantitative estimate of drug-likeness (QED) is 0.796. The molecule has 0 fully saturated rings. The highest BCUT2D eigenvalue weighted by atomic mass is 35.5. The van der Waals surface area contributed by atoms with Gasteiger partial charge in [0.05, 0.1) is 0 Å². The maximum absolute atomic E-state index is 5.92. The Hall–Kier alpha value is -1.31. The summed E-state index contributed by atoms with van der Waals surface area (Å²) in [6.07, 6.45) is 0.994. The van der Waals surface area contributed by atoms with Crippen molar-refractivity contribution in [2.75, 3.05) is 14.1 Å². The number of halogens is 1. The van der Waals surface area contributed by atoms with E-state index in [0.717, 1.165) is 11.4 Å². The van der Waals surface area contributed by atoms with Crippen LogP contribution < -0.4 is 0 Å². The smallest absolute Gasteiger partial charge is 0.0406 e.